The Hall–Kier alpha value is -1.74. The maximum absolute atomic E-state index is 12.7. The molecule has 5 heteroatoms. The second-order valence-electron chi connectivity index (χ2n) is 5.07. The highest BCUT2D eigenvalue weighted by Gasteiger charge is 2.25. The number of carbonyl (C=O) groups is 1. The zero-order valence-corrected chi connectivity index (χ0v) is 13.0. The summed E-state index contributed by atoms with van der Waals surface area (Å²) in [7, 11) is -4.49. The summed E-state index contributed by atoms with van der Waals surface area (Å²) in [6, 6.07) is 9.41. The van der Waals surface area contributed by atoms with Crippen LogP contribution in [0.3, 0.4) is 0 Å². The highest BCUT2D eigenvalue weighted by molar-refractivity contribution is 7.60. The van der Waals surface area contributed by atoms with E-state index >= 15 is 0 Å². The predicted octanol–water partition coefficient (Wildman–Crippen LogP) is 2.65. The van der Waals surface area contributed by atoms with E-state index < -0.39 is 7.60 Å². The second-order valence-corrected chi connectivity index (χ2v) is 6.64. The van der Waals surface area contributed by atoms with Crippen LogP contribution in [0.2, 0.25) is 0 Å². The molecule has 2 aromatic rings. The molecule has 2 rings (SSSR count). The van der Waals surface area contributed by atoms with E-state index in [4.69, 9.17) is 0 Å². The van der Waals surface area contributed by atoms with Crippen molar-refractivity contribution in [3.8, 4) is 0 Å². The first-order valence-electron chi connectivity index (χ1n) is 6.50. The van der Waals surface area contributed by atoms with Gasteiger partial charge in [0, 0.05) is 11.1 Å². The van der Waals surface area contributed by atoms with Crippen LogP contribution in [0.25, 0.3) is 0 Å². The number of hydrogen-bond acceptors (Lipinski definition) is 2. The smallest absolute Gasteiger partial charge is 0.321 e. The van der Waals surface area contributed by atoms with Gasteiger partial charge >= 0.3 is 7.60 Å². The molecule has 4 nitrogen and oxygen atoms in total. The molecule has 0 unspecified atom stereocenters. The number of aryl methyl sites for hydroxylation is 1. The molecule has 0 saturated heterocycles. The summed E-state index contributed by atoms with van der Waals surface area (Å²) in [5, 5.41) is -0.229. The summed E-state index contributed by atoms with van der Waals surface area (Å²) < 4.78 is 11.5. The van der Waals surface area contributed by atoms with E-state index in [1.54, 1.807) is 12.1 Å². The van der Waals surface area contributed by atoms with Gasteiger partial charge in [0.2, 0.25) is 0 Å². The summed E-state index contributed by atoms with van der Waals surface area (Å²) >= 11 is 0. The largest absolute Gasteiger partial charge is 0.356 e. The minimum atomic E-state index is -4.49. The average molecular weight is 304 g/mol. The number of hydrogen-bond donors (Lipinski definition) is 2. The monoisotopic (exact) mass is 304 g/mol. The van der Waals surface area contributed by atoms with E-state index in [9.17, 15) is 19.1 Å². The van der Waals surface area contributed by atoms with Gasteiger partial charge < -0.3 is 9.79 Å². The summed E-state index contributed by atoms with van der Waals surface area (Å²) in [5.74, 6) is -0.366. The molecule has 0 aliphatic heterocycles. The lowest BCUT2D eigenvalue weighted by Crippen LogP contribution is -2.17. The molecular formula is C16H17O4P. The lowest BCUT2D eigenvalue weighted by Gasteiger charge is -2.13. The minimum absolute atomic E-state index is 0.0530. The van der Waals surface area contributed by atoms with Crippen molar-refractivity contribution in [2.45, 2.75) is 20.8 Å². The SMILES string of the molecule is Cc1ccc(C(=O)c2ccccc2P(=O)(O)O)c(C)c1C. The molecule has 0 fully saturated rings. The number of benzene rings is 2. The molecule has 0 spiro atoms. The Labute approximate surface area is 123 Å². The lowest BCUT2D eigenvalue weighted by molar-refractivity contribution is 0.103. The fourth-order valence-corrected chi connectivity index (χ4v) is 3.04. The van der Waals surface area contributed by atoms with E-state index in [1.165, 1.54) is 18.2 Å². The molecule has 0 bridgehead atoms. The van der Waals surface area contributed by atoms with Crippen molar-refractivity contribution < 1.29 is 19.1 Å². The van der Waals surface area contributed by atoms with Crippen LogP contribution in [0.1, 0.15) is 32.6 Å². The van der Waals surface area contributed by atoms with Gasteiger partial charge in [0.05, 0.1) is 5.30 Å². The summed E-state index contributed by atoms with van der Waals surface area (Å²) in [6.45, 7) is 5.73. The fourth-order valence-electron chi connectivity index (χ4n) is 2.27. The van der Waals surface area contributed by atoms with Crippen molar-refractivity contribution in [1.29, 1.82) is 0 Å². The van der Waals surface area contributed by atoms with E-state index in [0.29, 0.717) is 5.56 Å². The average Bonchev–Trinajstić information content (AvgIpc) is 2.43. The van der Waals surface area contributed by atoms with Gasteiger partial charge in [-0.3, -0.25) is 9.36 Å². The lowest BCUT2D eigenvalue weighted by atomic mass is 9.93. The van der Waals surface area contributed by atoms with Gasteiger partial charge in [-0.15, -0.1) is 0 Å². The van der Waals surface area contributed by atoms with Crippen LogP contribution < -0.4 is 5.30 Å². The quantitative estimate of drug-likeness (QED) is 0.675. The molecule has 110 valence electrons. The Morgan fingerprint density at radius 1 is 0.905 bits per heavy atom. The van der Waals surface area contributed by atoms with Crippen molar-refractivity contribution in [3.05, 3.63) is 64.2 Å². The zero-order chi connectivity index (χ0) is 15.8. The first-order valence-corrected chi connectivity index (χ1v) is 8.11. The number of carbonyl (C=O) groups excluding carboxylic acids is 1. The Bertz CT molecular complexity index is 759. The summed E-state index contributed by atoms with van der Waals surface area (Å²) in [6.07, 6.45) is 0. The van der Waals surface area contributed by atoms with Gasteiger partial charge in [-0.1, -0.05) is 30.3 Å². The second kappa shape index (κ2) is 5.57. The summed E-state index contributed by atoms with van der Waals surface area (Å²) in [4.78, 5) is 31.4. The Balaban J connectivity index is 2.62. The van der Waals surface area contributed by atoms with Crippen LogP contribution in [-0.4, -0.2) is 15.6 Å². The molecule has 0 atom stereocenters. The topological polar surface area (TPSA) is 74.6 Å². The highest BCUT2D eigenvalue weighted by Crippen LogP contribution is 2.35. The molecule has 0 amide bonds. The Morgan fingerprint density at radius 2 is 1.52 bits per heavy atom. The molecule has 21 heavy (non-hydrogen) atoms. The van der Waals surface area contributed by atoms with Crippen molar-refractivity contribution in [2.24, 2.45) is 0 Å². The van der Waals surface area contributed by atoms with Crippen LogP contribution in [0, 0.1) is 20.8 Å². The van der Waals surface area contributed by atoms with Crippen LogP contribution in [0.5, 0.6) is 0 Å². The fraction of sp³-hybridized carbons (Fsp3) is 0.188. The molecule has 0 aromatic heterocycles. The van der Waals surface area contributed by atoms with Crippen molar-refractivity contribution >= 4 is 18.7 Å². The number of rotatable bonds is 3. The van der Waals surface area contributed by atoms with Crippen LogP contribution >= 0.6 is 7.60 Å². The minimum Gasteiger partial charge on any atom is -0.321 e. The van der Waals surface area contributed by atoms with Gasteiger partial charge in [0.15, 0.2) is 5.78 Å². The molecular weight excluding hydrogens is 287 g/mol. The third-order valence-corrected chi connectivity index (χ3v) is 4.78. The van der Waals surface area contributed by atoms with Gasteiger partial charge in [-0.25, -0.2) is 0 Å². The third kappa shape index (κ3) is 2.98. The molecule has 0 aliphatic rings. The molecule has 0 saturated carbocycles. The van der Waals surface area contributed by atoms with Crippen molar-refractivity contribution in [1.82, 2.24) is 0 Å². The highest BCUT2D eigenvalue weighted by atomic mass is 31.2. The van der Waals surface area contributed by atoms with Crippen molar-refractivity contribution in [2.75, 3.05) is 0 Å². The van der Waals surface area contributed by atoms with E-state index in [2.05, 4.69) is 0 Å². The van der Waals surface area contributed by atoms with Gasteiger partial charge in [-0.05, 0) is 43.5 Å². The van der Waals surface area contributed by atoms with Crippen LogP contribution in [-0.2, 0) is 4.57 Å². The van der Waals surface area contributed by atoms with Crippen molar-refractivity contribution in [3.63, 3.8) is 0 Å². The van der Waals surface area contributed by atoms with Crippen LogP contribution in [0.4, 0.5) is 0 Å². The molecule has 0 aliphatic carbocycles. The molecule has 0 heterocycles. The summed E-state index contributed by atoms with van der Waals surface area (Å²) in [5.41, 5.74) is 3.44. The molecule has 2 N–H and O–H groups in total. The van der Waals surface area contributed by atoms with Crippen LogP contribution in [0.15, 0.2) is 36.4 Å². The Kier molecular flexibility index (Phi) is 4.15. The van der Waals surface area contributed by atoms with E-state index in [0.717, 1.165) is 16.7 Å². The van der Waals surface area contributed by atoms with E-state index in [-0.39, 0.29) is 16.7 Å². The normalized spacial score (nSPS) is 11.5. The first-order chi connectivity index (χ1) is 9.73. The van der Waals surface area contributed by atoms with Gasteiger partial charge in [-0.2, -0.15) is 0 Å². The van der Waals surface area contributed by atoms with Gasteiger partial charge in [0.25, 0.3) is 0 Å². The Morgan fingerprint density at radius 3 is 2.14 bits per heavy atom. The van der Waals surface area contributed by atoms with Gasteiger partial charge in [0.1, 0.15) is 0 Å². The maximum atomic E-state index is 12.7. The van der Waals surface area contributed by atoms with E-state index in [1.807, 2.05) is 26.8 Å². The first kappa shape index (κ1) is 15.6. The zero-order valence-electron chi connectivity index (χ0n) is 12.1. The number of ketones is 1. The molecule has 2 aromatic carbocycles. The standard InChI is InChI=1S/C16H17O4P/c1-10-8-9-13(12(3)11(10)2)16(17)14-6-4-5-7-15(14)21(18,19)20/h4-9H,1-3H3,(H2,18,19,20). The third-order valence-electron chi connectivity index (χ3n) is 3.77. The predicted molar refractivity (Wildman–Crippen MR) is 82.2 cm³/mol. The molecule has 0 radical (unpaired) electrons. The maximum Gasteiger partial charge on any atom is 0.356 e.